The van der Waals surface area contributed by atoms with Crippen LogP contribution < -0.4 is 10.2 Å². The average Bonchev–Trinajstić information content (AvgIpc) is 2.76. The van der Waals surface area contributed by atoms with Gasteiger partial charge in [0.15, 0.2) is 0 Å². The first-order valence-corrected chi connectivity index (χ1v) is 10.0. The monoisotopic (exact) mass is 386 g/mol. The van der Waals surface area contributed by atoms with Gasteiger partial charge in [-0.05, 0) is 66.9 Å². The lowest BCUT2D eigenvalue weighted by Gasteiger charge is -2.28. The number of nitrogens with zero attached hydrogens (tertiary/aromatic N) is 1. The molecule has 0 atom stereocenters. The van der Waals surface area contributed by atoms with Crippen molar-refractivity contribution in [2.45, 2.75) is 13.8 Å². The number of hydrogen-bond acceptors (Lipinski definition) is 3. The van der Waals surface area contributed by atoms with Gasteiger partial charge in [0.1, 0.15) is 0 Å². The molecule has 1 fully saturated rings. The number of rotatable bonds is 4. The second-order valence-corrected chi connectivity index (χ2v) is 7.50. The molecular formula is C25H26N2O2. The van der Waals surface area contributed by atoms with Crippen molar-refractivity contribution in [2.75, 3.05) is 36.5 Å². The van der Waals surface area contributed by atoms with Gasteiger partial charge in [0, 0.05) is 30.0 Å². The highest BCUT2D eigenvalue weighted by atomic mass is 16.5. The number of nitrogens with one attached hydrogen (secondary N) is 1. The Labute approximate surface area is 172 Å². The van der Waals surface area contributed by atoms with Crippen LogP contribution >= 0.6 is 0 Å². The molecule has 3 aromatic rings. The maximum atomic E-state index is 12.8. The maximum Gasteiger partial charge on any atom is 0.255 e. The van der Waals surface area contributed by atoms with Crippen molar-refractivity contribution in [1.29, 1.82) is 0 Å². The lowest BCUT2D eigenvalue weighted by Crippen LogP contribution is -2.36. The molecule has 1 aliphatic heterocycles. The number of hydrogen-bond donors (Lipinski definition) is 1. The average molecular weight is 386 g/mol. The first-order valence-electron chi connectivity index (χ1n) is 10.0. The van der Waals surface area contributed by atoms with E-state index in [1.807, 2.05) is 42.5 Å². The van der Waals surface area contributed by atoms with Crippen LogP contribution in [0, 0.1) is 13.8 Å². The van der Waals surface area contributed by atoms with Crippen LogP contribution in [-0.2, 0) is 4.74 Å². The Morgan fingerprint density at radius 3 is 2.28 bits per heavy atom. The zero-order valence-electron chi connectivity index (χ0n) is 16.9. The van der Waals surface area contributed by atoms with Crippen molar-refractivity contribution in [1.82, 2.24) is 0 Å². The highest BCUT2D eigenvalue weighted by molar-refractivity contribution is 6.05. The van der Waals surface area contributed by atoms with Gasteiger partial charge in [-0.1, -0.05) is 35.9 Å². The Morgan fingerprint density at radius 2 is 1.59 bits per heavy atom. The van der Waals surface area contributed by atoms with Crippen LogP contribution in [0.2, 0.25) is 0 Å². The third-order valence-corrected chi connectivity index (χ3v) is 5.36. The van der Waals surface area contributed by atoms with E-state index in [1.165, 1.54) is 5.56 Å². The summed E-state index contributed by atoms with van der Waals surface area (Å²) in [4.78, 5) is 15.1. The Balaban J connectivity index is 1.49. The highest BCUT2D eigenvalue weighted by Crippen LogP contribution is 2.26. The second-order valence-electron chi connectivity index (χ2n) is 7.50. The van der Waals surface area contributed by atoms with Crippen LogP contribution in [0.4, 0.5) is 11.4 Å². The molecule has 1 aliphatic rings. The fraction of sp³-hybridized carbons (Fsp3) is 0.240. The van der Waals surface area contributed by atoms with Crippen molar-refractivity contribution in [3.8, 4) is 11.1 Å². The van der Waals surface area contributed by atoms with E-state index in [4.69, 9.17) is 4.74 Å². The van der Waals surface area contributed by atoms with Gasteiger partial charge in [-0.25, -0.2) is 0 Å². The number of anilines is 2. The van der Waals surface area contributed by atoms with Crippen molar-refractivity contribution in [2.24, 2.45) is 0 Å². The summed E-state index contributed by atoms with van der Waals surface area (Å²) in [6, 6.07) is 22.3. The molecule has 148 valence electrons. The number of carbonyl (C=O) groups is 1. The van der Waals surface area contributed by atoms with Crippen LogP contribution in [0.25, 0.3) is 11.1 Å². The Hall–Kier alpha value is -3.11. The lowest BCUT2D eigenvalue weighted by molar-refractivity contribution is 0.102. The molecule has 0 unspecified atom stereocenters. The molecule has 29 heavy (non-hydrogen) atoms. The van der Waals surface area contributed by atoms with E-state index in [0.717, 1.165) is 54.4 Å². The van der Waals surface area contributed by atoms with E-state index in [0.29, 0.717) is 5.56 Å². The molecule has 1 N–H and O–H groups in total. The van der Waals surface area contributed by atoms with E-state index in [2.05, 4.69) is 48.3 Å². The lowest BCUT2D eigenvalue weighted by atomic mass is 9.97. The zero-order valence-corrected chi connectivity index (χ0v) is 16.9. The van der Waals surface area contributed by atoms with Crippen molar-refractivity contribution in [3.63, 3.8) is 0 Å². The maximum absolute atomic E-state index is 12.8. The predicted octanol–water partition coefficient (Wildman–Crippen LogP) is 5.06. The largest absolute Gasteiger partial charge is 0.378 e. The summed E-state index contributed by atoms with van der Waals surface area (Å²) < 4.78 is 5.40. The van der Waals surface area contributed by atoms with E-state index < -0.39 is 0 Å². The summed E-state index contributed by atoms with van der Waals surface area (Å²) in [5.74, 6) is -0.0996. The van der Waals surface area contributed by atoms with Crippen molar-refractivity contribution >= 4 is 17.3 Å². The third-order valence-electron chi connectivity index (χ3n) is 5.36. The summed E-state index contributed by atoms with van der Waals surface area (Å²) in [7, 11) is 0. The summed E-state index contributed by atoms with van der Waals surface area (Å²) >= 11 is 0. The topological polar surface area (TPSA) is 41.6 Å². The second kappa shape index (κ2) is 8.50. The number of carbonyl (C=O) groups excluding carboxylic acids is 1. The number of benzene rings is 3. The predicted molar refractivity (Wildman–Crippen MR) is 119 cm³/mol. The minimum atomic E-state index is -0.0996. The minimum absolute atomic E-state index is 0.0996. The van der Waals surface area contributed by atoms with E-state index in [-0.39, 0.29) is 5.91 Å². The smallest absolute Gasteiger partial charge is 0.255 e. The molecule has 3 aromatic carbocycles. The van der Waals surface area contributed by atoms with Crippen LogP contribution in [0.3, 0.4) is 0 Å². The first-order chi connectivity index (χ1) is 14.1. The number of aryl methyl sites for hydroxylation is 2. The van der Waals surface area contributed by atoms with Gasteiger partial charge in [0.2, 0.25) is 0 Å². The van der Waals surface area contributed by atoms with Crippen molar-refractivity contribution < 1.29 is 9.53 Å². The van der Waals surface area contributed by atoms with E-state index in [9.17, 15) is 4.79 Å². The fourth-order valence-corrected chi connectivity index (χ4v) is 3.59. The summed E-state index contributed by atoms with van der Waals surface area (Å²) in [5, 5.41) is 3.01. The van der Waals surface area contributed by atoms with Gasteiger partial charge in [-0.15, -0.1) is 0 Å². The van der Waals surface area contributed by atoms with Gasteiger partial charge in [0.05, 0.1) is 13.2 Å². The van der Waals surface area contributed by atoms with E-state index in [1.54, 1.807) is 0 Å². The molecule has 0 aliphatic carbocycles. The number of ether oxygens (including phenoxy) is 1. The summed E-state index contributed by atoms with van der Waals surface area (Å²) in [6.45, 7) is 7.46. The number of morpholine rings is 1. The molecule has 4 rings (SSSR count). The zero-order chi connectivity index (χ0) is 20.2. The molecule has 4 heteroatoms. The molecule has 0 bridgehead atoms. The van der Waals surface area contributed by atoms with Gasteiger partial charge >= 0.3 is 0 Å². The Kier molecular flexibility index (Phi) is 5.63. The van der Waals surface area contributed by atoms with Crippen LogP contribution in [0.1, 0.15) is 21.5 Å². The Bertz CT molecular complexity index is 988. The third kappa shape index (κ3) is 4.49. The molecule has 1 saturated heterocycles. The molecular weight excluding hydrogens is 360 g/mol. The Morgan fingerprint density at radius 1 is 0.897 bits per heavy atom. The number of amides is 1. The normalized spacial score (nSPS) is 13.9. The molecule has 0 aromatic heterocycles. The minimum Gasteiger partial charge on any atom is -0.378 e. The molecule has 1 heterocycles. The van der Waals surface area contributed by atoms with Crippen LogP contribution in [0.15, 0.2) is 66.7 Å². The first kappa shape index (κ1) is 19.2. The highest BCUT2D eigenvalue weighted by Gasteiger charge is 2.13. The molecule has 1 amide bonds. The summed E-state index contributed by atoms with van der Waals surface area (Å²) in [6.07, 6.45) is 0. The van der Waals surface area contributed by atoms with Gasteiger partial charge in [0.25, 0.3) is 5.91 Å². The van der Waals surface area contributed by atoms with Gasteiger partial charge in [-0.2, -0.15) is 0 Å². The van der Waals surface area contributed by atoms with Gasteiger partial charge in [-0.3, -0.25) is 4.79 Å². The van der Waals surface area contributed by atoms with Crippen LogP contribution in [0.5, 0.6) is 0 Å². The van der Waals surface area contributed by atoms with Crippen molar-refractivity contribution in [3.05, 3.63) is 83.4 Å². The quantitative estimate of drug-likeness (QED) is 0.681. The van der Waals surface area contributed by atoms with Gasteiger partial charge < -0.3 is 15.0 Å². The summed E-state index contributed by atoms with van der Waals surface area (Å²) in [5.41, 5.74) is 7.19. The molecule has 0 radical (unpaired) electrons. The fourth-order valence-electron chi connectivity index (χ4n) is 3.59. The standard InChI is InChI=1S/C25H26N2O2/c1-18-3-6-20(7-4-18)24-17-21(8-5-19(24)2)25(28)26-22-9-11-23(12-10-22)27-13-15-29-16-14-27/h3-12,17H,13-16H2,1-2H3,(H,26,28). The SMILES string of the molecule is Cc1ccc(-c2cc(C(=O)Nc3ccc(N4CCOCC4)cc3)ccc2C)cc1. The van der Waals surface area contributed by atoms with Crippen LogP contribution in [-0.4, -0.2) is 32.2 Å². The molecule has 0 saturated carbocycles. The van der Waals surface area contributed by atoms with E-state index >= 15 is 0 Å². The molecule has 4 nitrogen and oxygen atoms in total. The molecule has 0 spiro atoms.